The molecule has 158 valence electrons. The molecule has 2 aromatic rings. The highest BCUT2D eigenvalue weighted by molar-refractivity contribution is 7.96. The number of nitrogens with zero attached hydrogens (tertiary/aromatic N) is 2. The van der Waals surface area contributed by atoms with Gasteiger partial charge in [-0.3, -0.25) is 4.79 Å². The molecule has 2 aromatic carbocycles. The van der Waals surface area contributed by atoms with Crippen molar-refractivity contribution >= 4 is 27.1 Å². The number of amides is 1. The summed E-state index contributed by atoms with van der Waals surface area (Å²) in [6, 6.07) is 14.2. The molecule has 7 heteroatoms. The van der Waals surface area contributed by atoms with Crippen LogP contribution in [-0.4, -0.2) is 38.9 Å². The number of sulfone groups is 1. The van der Waals surface area contributed by atoms with Crippen LogP contribution in [-0.2, 0) is 14.6 Å². The number of carbonyl (C=O) groups is 1. The van der Waals surface area contributed by atoms with Crippen LogP contribution in [0, 0.1) is 5.92 Å². The van der Waals surface area contributed by atoms with Crippen LogP contribution in [0.15, 0.2) is 64.5 Å². The van der Waals surface area contributed by atoms with E-state index >= 15 is 0 Å². The molecule has 2 aliphatic heterocycles. The number of fused-ring (bicyclic) bond motifs is 1. The molecule has 0 aliphatic carbocycles. The Hall–Kier alpha value is -2.80. The lowest BCUT2D eigenvalue weighted by atomic mass is 9.99. The molecule has 1 fully saturated rings. The summed E-state index contributed by atoms with van der Waals surface area (Å²) in [7, 11) is -3.90. The lowest BCUT2D eigenvalue weighted by Crippen LogP contribution is -2.41. The standard InChI is InChI=1S/C23H26N2O4S/c1-3-29-19-10-8-18(9-11-19)25-16-22(23(26)24-14-12-17(2)13-15-24)30(27,28)21-7-5-4-6-20(21)25/h4-11,16-17H,3,12-15H2,1-2H3. The van der Waals surface area contributed by atoms with E-state index in [1.165, 1.54) is 6.20 Å². The van der Waals surface area contributed by atoms with Crippen LogP contribution in [0.2, 0.25) is 0 Å². The van der Waals surface area contributed by atoms with E-state index in [4.69, 9.17) is 4.74 Å². The van der Waals surface area contributed by atoms with Crippen molar-refractivity contribution in [2.45, 2.75) is 31.6 Å². The van der Waals surface area contributed by atoms with Gasteiger partial charge >= 0.3 is 0 Å². The molecule has 0 saturated carbocycles. The number of likely N-dealkylation sites (tertiary alicyclic amines) is 1. The maximum absolute atomic E-state index is 13.3. The maximum atomic E-state index is 13.3. The number of ether oxygens (including phenoxy) is 1. The van der Waals surface area contributed by atoms with Gasteiger partial charge in [0, 0.05) is 25.0 Å². The van der Waals surface area contributed by atoms with Gasteiger partial charge in [-0.25, -0.2) is 8.42 Å². The summed E-state index contributed by atoms with van der Waals surface area (Å²) >= 11 is 0. The molecule has 2 heterocycles. The van der Waals surface area contributed by atoms with Gasteiger partial charge in [-0.2, -0.15) is 0 Å². The number of rotatable bonds is 4. The largest absolute Gasteiger partial charge is 0.494 e. The van der Waals surface area contributed by atoms with Crippen molar-refractivity contribution in [2.24, 2.45) is 5.92 Å². The molecule has 0 unspecified atom stereocenters. The van der Waals surface area contributed by atoms with Crippen LogP contribution < -0.4 is 9.64 Å². The van der Waals surface area contributed by atoms with Crippen molar-refractivity contribution in [3.8, 4) is 5.75 Å². The summed E-state index contributed by atoms with van der Waals surface area (Å²) in [5.41, 5.74) is 1.30. The van der Waals surface area contributed by atoms with Gasteiger partial charge in [0.25, 0.3) is 5.91 Å². The van der Waals surface area contributed by atoms with Gasteiger partial charge in [0.1, 0.15) is 5.75 Å². The molecule has 0 atom stereocenters. The van der Waals surface area contributed by atoms with E-state index in [1.54, 1.807) is 34.1 Å². The minimum absolute atomic E-state index is 0.148. The van der Waals surface area contributed by atoms with Crippen molar-refractivity contribution in [2.75, 3.05) is 24.6 Å². The Bertz CT molecular complexity index is 1070. The molecule has 0 bridgehead atoms. The minimum atomic E-state index is -3.90. The Kier molecular flexibility index (Phi) is 5.56. The molecule has 1 amide bonds. The summed E-state index contributed by atoms with van der Waals surface area (Å²) in [6.07, 6.45) is 3.24. The second kappa shape index (κ2) is 8.14. The summed E-state index contributed by atoms with van der Waals surface area (Å²) < 4.78 is 32.1. The molecule has 6 nitrogen and oxygen atoms in total. The van der Waals surface area contributed by atoms with Crippen LogP contribution in [0.3, 0.4) is 0 Å². The number of benzene rings is 2. The Morgan fingerprint density at radius 2 is 1.73 bits per heavy atom. The zero-order valence-corrected chi connectivity index (χ0v) is 18.1. The summed E-state index contributed by atoms with van der Waals surface area (Å²) in [6.45, 7) is 5.80. The van der Waals surface area contributed by atoms with Gasteiger partial charge in [-0.1, -0.05) is 19.1 Å². The third-order valence-electron chi connectivity index (χ3n) is 5.66. The first-order valence-corrected chi connectivity index (χ1v) is 11.8. The highest BCUT2D eigenvalue weighted by Gasteiger charge is 2.38. The van der Waals surface area contributed by atoms with E-state index in [0.29, 0.717) is 31.3 Å². The Morgan fingerprint density at radius 3 is 2.40 bits per heavy atom. The summed E-state index contributed by atoms with van der Waals surface area (Å²) in [5, 5.41) is 0. The van der Waals surface area contributed by atoms with Gasteiger partial charge in [0.2, 0.25) is 9.84 Å². The smallest absolute Gasteiger partial charge is 0.267 e. The molecular formula is C23H26N2O4S. The third kappa shape index (κ3) is 3.69. The molecule has 0 spiro atoms. The Morgan fingerprint density at radius 1 is 1.07 bits per heavy atom. The summed E-state index contributed by atoms with van der Waals surface area (Å²) in [4.78, 5) is 16.6. The fourth-order valence-electron chi connectivity index (χ4n) is 3.88. The molecule has 0 N–H and O–H groups in total. The molecule has 0 aromatic heterocycles. The van der Waals surface area contributed by atoms with E-state index < -0.39 is 15.7 Å². The normalized spacial score (nSPS) is 18.5. The van der Waals surface area contributed by atoms with Gasteiger partial charge in [0.05, 0.1) is 17.2 Å². The molecule has 2 aliphatic rings. The first-order chi connectivity index (χ1) is 14.4. The highest BCUT2D eigenvalue weighted by atomic mass is 32.2. The number of anilines is 2. The first kappa shape index (κ1) is 20.5. The zero-order valence-electron chi connectivity index (χ0n) is 17.2. The predicted molar refractivity (Wildman–Crippen MR) is 116 cm³/mol. The van der Waals surface area contributed by atoms with Crippen molar-refractivity contribution in [3.63, 3.8) is 0 Å². The fraction of sp³-hybridized carbons (Fsp3) is 0.348. The Balaban J connectivity index is 1.76. The van der Waals surface area contributed by atoms with Crippen molar-refractivity contribution in [1.82, 2.24) is 4.90 Å². The van der Waals surface area contributed by atoms with Crippen LogP contribution in [0.25, 0.3) is 0 Å². The molecule has 30 heavy (non-hydrogen) atoms. The first-order valence-electron chi connectivity index (χ1n) is 10.3. The van der Waals surface area contributed by atoms with Gasteiger partial charge < -0.3 is 14.5 Å². The molecule has 4 rings (SSSR count). The van der Waals surface area contributed by atoms with Crippen LogP contribution in [0.5, 0.6) is 5.75 Å². The number of para-hydroxylation sites is 1. The van der Waals surface area contributed by atoms with Crippen LogP contribution in [0.1, 0.15) is 26.7 Å². The topological polar surface area (TPSA) is 66.9 Å². The average molecular weight is 427 g/mol. The lowest BCUT2D eigenvalue weighted by molar-refractivity contribution is -0.127. The third-order valence-corrected chi connectivity index (χ3v) is 7.44. The van der Waals surface area contributed by atoms with E-state index in [0.717, 1.165) is 24.3 Å². The second-order valence-electron chi connectivity index (χ2n) is 7.74. The van der Waals surface area contributed by atoms with E-state index in [-0.39, 0.29) is 9.80 Å². The zero-order chi connectivity index (χ0) is 21.3. The van der Waals surface area contributed by atoms with Crippen molar-refractivity contribution < 1.29 is 17.9 Å². The maximum Gasteiger partial charge on any atom is 0.267 e. The lowest BCUT2D eigenvalue weighted by Gasteiger charge is -2.33. The van der Waals surface area contributed by atoms with Gasteiger partial charge in [0.15, 0.2) is 4.91 Å². The highest BCUT2D eigenvalue weighted by Crippen LogP contribution is 2.40. The average Bonchev–Trinajstić information content (AvgIpc) is 2.75. The van der Waals surface area contributed by atoms with E-state index in [2.05, 4.69) is 6.92 Å². The van der Waals surface area contributed by atoms with Gasteiger partial charge in [-0.05, 0) is 62.1 Å². The number of hydrogen-bond acceptors (Lipinski definition) is 5. The number of piperidine rings is 1. The van der Waals surface area contributed by atoms with Crippen molar-refractivity contribution in [1.29, 1.82) is 0 Å². The molecular weight excluding hydrogens is 400 g/mol. The van der Waals surface area contributed by atoms with Crippen LogP contribution in [0.4, 0.5) is 11.4 Å². The summed E-state index contributed by atoms with van der Waals surface area (Å²) in [5.74, 6) is 0.862. The monoisotopic (exact) mass is 426 g/mol. The molecule has 1 saturated heterocycles. The Labute approximate surface area is 177 Å². The number of hydrogen-bond donors (Lipinski definition) is 0. The predicted octanol–water partition coefficient (Wildman–Crippen LogP) is 4.11. The van der Waals surface area contributed by atoms with Crippen molar-refractivity contribution in [3.05, 3.63) is 59.6 Å². The van der Waals surface area contributed by atoms with E-state index in [9.17, 15) is 13.2 Å². The second-order valence-corrected chi connectivity index (χ2v) is 9.62. The van der Waals surface area contributed by atoms with Gasteiger partial charge in [-0.15, -0.1) is 0 Å². The quantitative estimate of drug-likeness (QED) is 0.736. The number of carbonyl (C=O) groups excluding carboxylic acids is 1. The van der Waals surface area contributed by atoms with E-state index in [1.807, 2.05) is 31.2 Å². The van der Waals surface area contributed by atoms with Crippen LogP contribution >= 0.6 is 0 Å². The molecule has 0 radical (unpaired) electrons. The fourth-order valence-corrected chi connectivity index (χ4v) is 5.42. The minimum Gasteiger partial charge on any atom is -0.494 e. The SMILES string of the molecule is CCOc1ccc(N2C=C(C(=O)N3CCC(C)CC3)S(=O)(=O)c3ccccc32)cc1.